The van der Waals surface area contributed by atoms with Crippen molar-refractivity contribution in [1.82, 2.24) is 9.80 Å². The minimum Gasteiger partial charge on any atom is -0.341 e. The Kier molecular flexibility index (Phi) is 3.73. The van der Waals surface area contributed by atoms with Gasteiger partial charge in [0.15, 0.2) is 0 Å². The van der Waals surface area contributed by atoms with Crippen LogP contribution in [-0.4, -0.2) is 54.5 Å². The Labute approximate surface area is 104 Å². The molecule has 1 saturated heterocycles. The van der Waals surface area contributed by atoms with Crippen molar-refractivity contribution in [2.45, 2.75) is 39.2 Å². The van der Waals surface area contributed by atoms with Crippen molar-refractivity contribution < 1.29 is 4.79 Å². The van der Waals surface area contributed by atoms with Crippen LogP contribution in [0.5, 0.6) is 0 Å². The molecule has 0 spiro atoms. The number of hydrogen-bond donors (Lipinski definition) is 1. The van der Waals surface area contributed by atoms with Gasteiger partial charge in [-0.25, -0.2) is 0 Å². The van der Waals surface area contributed by atoms with Crippen LogP contribution >= 0.6 is 0 Å². The maximum atomic E-state index is 12.3. The van der Waals surface area contributed by atoms with Gasteiger partial charge in [0.1, 0.15) is 0 Å². The van der Waals surface area contributed by atoms with Crippen molar-refractivity contribution in [2.75, 3.05) is 32.7 Å². The second kappa shape index (κ2) is 4.94. The SMILES string of the molecule is CCN(CC)C1CCN(C(=O)C2(CN)CC2)C1. The van der Waals surface area contributed by atoms with Crippen molar-refractivity contribution in [3.05, 3.63) is 0 Å². The Balaban J connectivity index is 1.91. The molecule has 0 aromatic carbocycles. The van der Waals surface area contributed by atoms with Gasteiger partial charge in [0.25, 0.3) is 0 Å². The Morgan fingerprint density at radius 2 is 2.06 bits per heavy atom. The van der Waals surface area contributed by atoms with Crippen LogP contribution in [-0.2, 0) is 4.79 Å². The van der Waals surface area contributed by atoms with E-state index in [1.165, 1.54) is 0 Å². The van der Waals surface area contributed by atoms with E-state index in [4.69, 9.17) is 5.73 Å². The van der Waals surface area contributed by atoms with Crippen LogP contribution in [0.25, 0.3) is 0 Å². The molecular formula is C13H25N3O. The van der Waals surface area contributed by atoms with Gasteiger partial charge in [0.05, 0.1) is 5.41 Å². The molecule has 1 saturated carbocycles. The van der Waals surface area contributed by atoms with E-state index in [1.807, 2.05) is 4.90 Å². The molecule has 98 valence electrons. The molecule has 1 aliphatic carbocycles. The lowest BCUT2D eigenvalue weighted by Gasteiger charge is -2.27. The van der Waals surface area contributed by atoms with Crippen LogP contribution in [0.2, 0.25) is 0 Å². The van der Waals surface area contributed by atoms with E-state index < -0.39 is 0 Å². The number of carbonyl (C=O) groups excluding carboxylic acids is 1. The highest BCUT2D eigenvalue weighted by Gasteiger charge is 2.51. The molecule has 0 aromatic heterocycles. The van der Waals surface area contributed by atoms with E-state index in [9.17, 15) is 4.79 Å². The second-order valence-electron chi connectivity index (χ2n) is 5.40. The van der Waals surface area contributed by atoms with Crippen molar-refractivity contribution in [3.8, 4) is 0 Å². The number of likely N-dealkylation sites (N-methyl/N-ethyl adjacent to an activating group) is 1. The van der Waals surface area contributed by atoms with Gasteiger partial charge in [-0.1, -0.05) is 13.8 Å². The summed E-state index contributed by atoms with van der Waals surface area (Å²) >= 11 is 0. The average molecular weight is 239 g/mol. The van der Waals surface area contributed by atoms with E-state index >= 15 is 0 Å². The van der Waals surface area contributed by atoms with Crippen molar-refractivity contribution in [3.63, 3.8) is 0 Å². The summed E-state index contributed by atoms with van der Waals surface area (Å²) in [5, 5.41) is 0. The van der Waals surface area contributed by atoms with Crippen LogP contribution in [0.4, 0.5) is 0 Å². The molecule has 0 radical (unpaired) electrons. The first-order chi connectivity index (χ1) is 8.16. The summed E-state index contributed by atoms with van der Waals surface area (Å²) in [5.41, 5.74) is 5.56. The van der Waals surface area contributed by atoms with Crippen molar-refractivity contribution in [1.29, 1.82) is 0 Å². The number of carbonyl (C=O) groups is 1. The lowest BCUT2D eigenvalue weighted by molar-refractivity contribution is -0.135. The van der Waals surface area contributed by atoms with Gasteiger partial charge in [-0.2, -0.15) is 0 Å². The van der Waals surface area contributed by atoms with E-state index in [0.717, 1.165) is 45.4 Å². The number of amides is 1. The Bertz CT molecular complexity index is 284. The van der Waals surface area contributed by atoms with Crippen LogP contribution < -0.4 is 5.73 Å². The summed E-state index contributed by atoms with van der Waals surface area (Å²) in [4.78, 5) is 16.8. The Hall–Kier alpha value is -0.610. The zero-order chi connectivity index (χ0) is 12.5. The average Bonchev–Trinajstić information content (AvgIpc) is 3.02. The molecule has 0 aromatic rings. The smallest absolute Gasteiger partial charge is 0.230 e. The van der Waals surface area contributed by atoms with E-state index in [2.05, 4.69) is 18.7 Å². The highest BCUT2D eigenvalue weighted by atomic mass is 16.2. The number of nitrogens with two attached hydrogens (primary N) is 1. The number of likely N-dealkylation sites (tertiary alicyclic amines) is 1. The van der Waals surface area contributed by atoms with Crippen LogP contribution in [0.3, 0.4) is 0 Å². The van der Waals surface area contributed by atoms with Crippen molar-refractivity contribution >= 4 is 5.91 Å². The first-order valence-electron chi connectivity index (χ1n) is 6.90. The first-order valence-corrected chi connectivity index (χ1v) is 6.90. The third kappa shape index (κ3) is 2.33. The lowest BCUT2D eigenvalue weighted by atomic mass is 10.1. The zero-order valence-electron chi connectivity index (χ0n) is 11.1. The second-order valence-corrected chi connectivity index (χ2v) is 5.40. The summed E-state index contributed by atoms with van der Waals surface area (Å²) in [6.07, 6.45) is 3.11. The monoisotopic (exact) mass is 239 g/mol. The maximum Gasteiger partial charge on any atom is 0.230 e. The van der Waals surface area contributed by atoms with E-state index in [-0.39, 0.29) is 5.41 Å². The molecule has 0 bridgehead atoms. The fourth-order valence-electron chi connectivity index (χ4n) is 2.96. The summed E-state index contributed by atoms with van der Waals surface area (Å²) in [7, 11) is 0. The van der Waals surface area contributed by atoms with Gasteiger partial charge in [-0.05, 0) is 32.4 Å². The van der Waals surface area contributed by atoms with Gasteiger partial charge in [-0.15, -0.1) is 0 Å². The van der Waals surface area contributed by atoms with Gasteiger partial charge < -0.3 is 10.6 Å². The predicted octanol–water partition coefficient (Wildman–Crippen LogP) is 0.668. The largest absolute Gasteiger partial charge is 0.341 e. The molecule has 4 nitrogen and oxygen atoms in total. The molecule has 2 rings (SSSR count). The quantitative estimate of drug-likeness (QED) is 0.767. The zero-order valence-corrected chi connectivity index (χ0v) is 11.1. The highest BCUT2D eigenvalue weighted by molar-refractivity contribution is 5.86. The van der Waals surface area contributed by atoms with Crippen LogP contribution in [0, 0.1) is 5.41 Å². The third-order valence-electron chi connectivity index (χ3n) is 4.48. The molecule has 17 heavy (non-hydrogen) atoms. The molecule has 2 aliphatic rings. The third-order valence-corrected chi connectivity index (χ3v) is 4.48. The number of rotatable bonds is 5. The molecule has 1 aliphatic heterocycles. The normalized spacial score (nSPS) is 26.6. The molecule has 2 N–H and O–H groups in total. The standard InChI is InChI=1S/C13H25N3O/c1-3-15(4-2)11-5-8-16(9-11)12(17)13(10-14)6-7-13/h11H,3-10,14H2,1-2H3. The number of hydrogen-bond acceptors (Lipinski definition) is 3. The first kappa shape index (κ1) is 12.8. The van der Waals surface area contributed by atoms with Crippen molar-refractivity contribution in [2.24, 2.45) is 11.1 Å². The van der Waals surface area contributed by atoms with Gasteiger partial charge >= 0.3 is 0 Å². The molecule has 1 heterocycles. The Morgan fingerprint density at radius 3 is 2.53 bits per heavy atom. The molecule has 4 heteroatoms. The van der Waals surface area contributed by atoms with E-state index in [0.29, 0.717) is 18.5 Å². The van der Waals surface area contributed by atoms with Crippen LogP contribution in [0.1, 0.15) is 33.1 Å². The molecular weight excluding hydrogens is 214 g/mol. The fourth-order valence-corrected chi connectivity index (χ4v) is 2.96. The highest BCUT2D eigenvalue weighted by Crippen LogP contribution is 2.46. The van der Waals surface area contributed by atoms with Gasteiger partial charge in [-0.3, -0.25) is 9.69 Å². The van der Waals surface area contributed by atoms with E-state index in [1.54, 1.807) is 0 Å². The molecule has 2 fully saturated rings. The van der Waals surface area contributed by atoms with Gasteiger partial charge in [0.2, 0.25) is 5.91 Å². The predicted molar refractivity (Wildman–Crippen MR) is 68.6 cm³/mol. The Morgan fingerprint density at radius 1 is 1.41 bits per heavy atom. The fraction of sp³-hybridized carbons (Fsp3) is 0.923. The summed E-state index contributed by atoms with van der Waals surface area (Å²) in [6.45, 7) is 8.88. The molecule has 1 amide bonds. The summed E-state index contributed by atoms with van der Waals surface area (Å²) in [5.74, 6) is 0.314. The topological polar surface area (TPSA) is 49.6 Å². The summed E-state index contributed by atoms with van der Waals surface area (Å²) < 4.78 is 0. The molecule has 1 unspecified atom stereocenters. The summed E-state index contributed by atoms with van der Waals surface area (Å²) in [6, 6.07) is 0.558. The lowest BCUT2D eigenvalue weighted by Crippen LogP contribution is -2.42. The van der Waals surface area contributed by atoms with Gasteiger partial charge in [0, 0.05) is 25.7 Å². The maximum absolute atomic E-state index is 12.3. The van der Waals surface area contributed by atoms with Crippen LogP contribution in [0.15, 0.2) is 0 Å². The minimum atomic E-state index is -0.169. The minimum absolute atomic E-state index is 0.169. The number of nitrogens with zero attached hydrogens (tertiary/aromatic N) is 2. The molecule has 1 atom stereocenters.